The summed E-state index contributed by atoms with van der Waals surface area (Å²) in [4.78, 5) is 64.2. The van der Waals surface area contributed by atoms with Gasteiger partial charge >= 0.3 is 0 Å². The van der Waals surface area contributed by atoms with Gasteiger partial charge in [-0.1, -0.05) is 87.8 Å². The number of ketones is 1. The molecule has 0 unspecified atom stereocenters. The van der Waals surface area contributed by atoms with Crippen molar-refractivity contribution in [3.8, 4) is 0 Å². The standard InChI is InChI=1S/C34H39ClN4O6/c1-21(2)17-25(19-30(40)31(22(3)4)38-32(41)24-13-9-6-10-14-24)33(42)37-29(18-23-11-7-5-8-12-23)34(43)36-28-16-15-26(39(44)45)20-27(28)35/h5-16,20-22,25,29,31H,17-19H2,1-4H3,(H,36,43)(H,37,42)(H,38,41)/t25-,29+,31+/m1/s1. The first-order valence-corrected chi connectivity index (χ1v) is 15.2. The van der Waals surface area contributed by atoms with E-state index in [4.69, 9.17) is 11.6 Å². The second-order valence-corrected chi connectivity index (χ2v) is 12.1. The van der Waals surface area contributed by atoms with Crippen LogP contribution in [0.2, 0.25) is 5.02 Å². The Bertz CT molecular complexity index is 1500. The molecule has 11 heteroatoms. The smallest absolute Gasteiger partial charge is 0.271 e. The Morgan fingerprint density at radius 1 is 0.844 bits per heavy atom. The average Bonchev–Trinajstić information content (AvgIpc) is 3.00. The maximum atomic E-state index is 13.8. The van der Waals surface area contributed by atoms with Gasteiger partial charge in [0.2, 0.25) is 11.8 Å². The zero-order chi connectivity index (χ0) is 33.1. The number of hydrogen-bond acceptors (Lipinski definition) is 6. The highest BCUT2D eigenvalue weighted by Gasteiger charge is 2.32. The molecule has 3 aromatic rings. The minimum Gasteiger partial charge on any atom is -0.344 e. The van der Waals surface area contributed by atoms with Crippen LogP contribution in [0.4, 0.5) is 11.4 Å². The van der Waals surface area contributed by atoms with E-state index >= 15 is 0 Å². The van der Waals surface area contributed by atoms with Crippen molar-refractivity contribution in [1.82, 2.24) is 10.6 Å². The summed E-state index contributed by atoms with van der Waals surface area (Å²) in [6, 6.07) is 19.5. The Hall–Kier alpha value is -4.57. The molecule has 0 heterocycles. The van der Waals surface area contributed by atoms with Crippen LogP contribution in [0.1, 0.15) is 56.5 Å². The molecular formula is C34H39ClN4O6. The van der Waals surface area contributed by atoms with Gasteiger partial charge in [-0.3, -0.25) is 29.3 Å². The third-order valence-corrected chi connectivity index (χ3v) is 7.56. The van der Waals surface area contributed by atoms with E-state index in [1.807, 2.05) is 58.0 Å². The van der Waals surface area contributed by atoms with Crippen molar-refractivity contribution in [2.24, 2.45) is 17.8 Å². The van der Waals surface area contributed by atoms with Gasteiger partial charge in [-0.15, -0.1) is 0 Å². The highest BCUT2D eigenvalue weighted by atomic mass is 35.5. The summed E-state index contributed by atoms with van der Waals surface area (Å²) >= 11 is 6.21. The van der Waals surface area contributed by atoms with Crippen molar-refractivity contribution in [2.75, 3.05) is 5.32 Å². The third kappa shape index (κ3) is 10.5. The minimum atomic E-state index is -1.05. The van der Waals surface area contributed by atoms with Crippen molar-refractivity contribution in [1.29, 1.82) is 0 Å². The topological polar surface area (TPSA) is 148 Å². The molecule has 0 fully saturated rings. The fourth-order valence-electron chi connectivity index (χ4n) is 4.94. The van der Waals surface area contributed by atoms with Crippen LogP contribution in [0, 0.1) is 27.9 Å². The molecule has 10 nitrogen and oxygen atoms in total. The maximum Gasteiger partial charge on any atom is 0.271 e. The lowest BCUT2D eigenvalue weighted by Crippen LogP contribution is -2.49. The molecule has 3 N–H and O–H groups in total. The van der Waals surface area contributed by atoms with E-state index in [-0.39, 0.29) is 52.8 Å². The molecule has 0 saturated heterocycles. The zero-order valence-electron chi connectivity index (χ0n) is 25.8. The first-order valence-electron chi connectivity index (χ1n) is 14.8. The van der Waals surface area contributed by atoms with E-state index in [2.05, 4.69) is 16.0 Å². The highest BCUT2D eigenvalue weighted by Crippen LogP contribution is 2.27. The molecule has 3 amide bonds. The largest absolute Gasteiger partial charge is 0.344 e. The van der Waals surface area contributed by atoms with Crippen molar-refractivity contribution >= 4 is 46.5 Å². The van der Waals surface area contributed by atoms with Crippen molar-refractivity contribution in [3.05, 3.63) is 105 Å². The number of Topliss-reactive ketones (excluding diaryl/α,β-unsaturated/α-hetero) is 1. The lowest BCUT2D eigenvalue weighted by Gasteiger charge is -2.26. The van der Waals surface area contributed by atoms with E-state index in [1.165, 1.54) is 12.1 Å². The van der Waals surface area contributed by atoms with Gasteiger partial charge in [0.1, 0.15) is 6.04 Å². The first kappa shape index (κ1) is 34.9. The minimum absolute atomic E-state index is 0.0251. The summed E-state index contributed by atoms with van der Waals surface area (Å²) in [6.07, 6.45) is 0.395. The molecule has 0 bridgehead atoms. The molecule has 0 saturated carbocycles. The van der Waals surface area contributed by atoms with E-state index < -0.39 is 34.7 Å². The molecule has 0 radical (unpaired) electrons. The molecule has 0 aliphatic heterocycles. The molecule has 0 spiro atoms. The number of nitro groups is 1. The summed E-state index contributed by atoms with van der Waals surface area (Å²) in [5.74, 6) is -2.64. The van der Waals surface area contributed by atoms with Crippen LogP contribution in [0.25, 0.3) is 0 Å². The van der Waals surface area contributed by atoms with E-state index in [9.17, 15) is 29.3 Å². The summed E-state index contributed by atoms with van der Waals surface area (Å²) in [6.45, 7) is 7.53. The quantitative estimate of drug-likeness (QED) is 0.138. The van der Waals surface area contributed by atoms with E-state index in [0.717, 1.165) is 11.6 Å². The SMILES string of the molecule is CC(C)C[C@H](CC(=O)[C@@H](NC(=O)c1ccccc1)C(C)C)C(=O)N[C@@H](Cc1ccccc1)C(=O)Nc1ccc([N+](=O)[O-])cc1Cl. The van der Waals surface area contributed by atoms with Crippen LogP contribution in [-0.2, 0) is 20.8 Å². The fraction of sp³-hybridized carbons (Fsp3) is 0.353. The molecule has 45 heavy (non-hydrogen) atoms. The zero-order valence-corrected chi connectivity index (χ0v) is 26.5. The van der Waals surface area contributed by atoms with Crippen LogP contribution in [0.3, 0.4) is 0 Å². The number of halogens is 1. The molecule has 238 valence electrons. The van der Waals surface area contributed by atoms with Crippen molar-refractivity contribution in [2.45, 2.75) is 59.0 Å². The van der Waals surface area contributed by atoms with Gasteiger partial charge in [-0.25, -0.2) is 0 Å². The Morgan fingerprint density at radius 3 is 2.02 bits per heavy atom. The monoisotopic (exact) mass is 634 g/mol. The van der Waals surface area contributed by atoms with Gasteiger partial charge in [0.15, 0.2) is 5.78 Å². The maximum absolute atomic E-state index is 13.8. The van der Waals surface area contributed by atoms with Crippen LogP contribution < -0.4 is 16.0 Å². The van der Waals surface area contributed by atoms with Gasteiger partial charge in [-0.2, -0.15) is 0 Å². The lowest BCUT2D eigenvalue weighted by molar-refractivity contribution is -0.384. The summed E-state index contributed by atoms with van der Waals surface area (Å²) in [7, 11) is 0. The Labute approximate surface area is 268 Å². The molecule has 3 rings (SSSR count). The number of nitrogens with zero attached hydrogens (tertiary/aromatic N) is 1. The number of rotatable bonds is 15. The van der Waals surface area contributed by atoms with Gasteiger partial charge in [0.05, 0.1) is 21.7 Å². The highest BCUT2D eigenvalue weighted by molar-refractivity contribution is 6.34. The number of amides is 3. The number of non-ortho nitro benzene ring substituents is 1. The molecular weight excluding hydrogens is 596 g/mol. The number of nitrogens with one attached hydrogen (secondary N) is 3. The lowest BCUT2D eigenvalue weighted by atomic mass is 9.87. The Kier molecular flexibility index (Phi) is 12.8. The summed E-state index contributed by atoms with van der Waals surface area (Å²) in [5, 5.41) is 19.4. The predicted molar refractivity (Wildman–Crippen MR) is 174 cm³/mol. The van der Waals surface area contributed by atoms with Crippen LogP contribution >= 0.6 is 11.6 Å². The van der Waals surface area contributed by atoms with Crippen molar-refractivity contribution in [3.63, 3.8) is 0 Å². The van der Waals surface area contributed by atoms with Crippen LogP contribution in [-0.4, -0.2) is 40.5 Å². The second kappa shape index (κ2) is 16.5. The van der Waals surface area contributed by atoms with Crippen LogP contribution in [0.5, 0.6) is 0 Å². The Morgan fingerprint density at radius 2 is 1.47 bits per heavy atom. The molecule has 0 aromatic heterocycles. The predicted octanol–water partition coefficient (Wildman–Crippen LogP) is 5.99. The fourth-order valence-corrected chi connectivity index (χ4v) is 5.16. The summed E-state index contributed by atoms with van der Waals surface area (Å²) in [5.41, 5.74) is 1.14. The third-order valence-electron chi connectivity index (χ3n) is 7.25. The van der Waals surface area contributed by atoms with E-state index in [1.54, 1.807) is 30.3 Å². The number of hydrogen-bond donors (Lipinski definition) is 3. The number of nitro benzene ring substituents is 1. The van der Waals surface area contributed by atoms with Crippen LogP contribution in [0.15, 0.2) is 78.9 Å². The number of carbonyl (C=O) groups excluding carboxylic acids is 4. The van der Waals surface area contributed by atoms with Crippen molar-refractivity contribution < 1.29 is 24.1 Å². The second-order valence-electron chi connectivity index (χ2n) is 11.7. The number of benzene rings is 3. The molecule has 3 aromatic carbocycles. The summed E-state index contributed by atoms with van der Waals surface area (Å²) < 4.78 is 0. The average molecular weight is 635 g/mol. The first-order chi connectivity index (χ1) is 21.3. The van der Waals surface area contributed by atoms with Gasteiger partial charge < -0.3 is 16.0 Å². The molecule has 0 aliphatic carbocycles. The normalized spacial score (nSPS) is 13.0. The van der Waals surface area contributed by atoms with E-state index in [0.29, 0.717) is 12.0 Å². The number of anilines is 1. The number of carbonyl (C=O) groups is 4. The molecule has 0 aliphatic rings. The van der Waals surface area contributed by atoms with Gasteiger partial charge in [-0.05, 0) is 42.0 Å². The van der Waals surface area contributed by atoms with Gasteiger partial charge in [0, 0.05) is 36.5 Å². The Balaban J connectivity index is 1.81. The molecule has 3 atom stereocenters. The van der Waals surface area contributed by atoms with Gasteiger partial charge in [0.25, 0.3) is 11.6 Å².